The highest BCUT2D eigenvalue weighted by Gasteiger charge is 2.42. The Morgan fingerprint density at radius 2 is 1.45 bits per heavy atom. The number of carbonyl (C=O) groups excluding carboxylic acids is 7. The minimum atomic E-state index is -0.776. The summed E-state index contributed by atoms with van der Waals surface area (Å²) in [4.78, 5) is 96.5. The standard InChI is InChI=1S/C45H68Cl2N10O7S/c1-5-22-55(41(61)29-54(34(4)58)26-20-49-33(3)10-9-11-35-14-16-36(17-15-35)53(24-18-46)25-19-47)30-42(62)56(23-6-2)31-43(63)57(28-39(48)59)27-21-50-40(60)13-8-7-12-38-44-37(32-65-38)51-45(64)52-44/h2,14-17,37-38,44,49H,3,5,7-13,18-32H2,1,4H3,(H2,48,59)(H,50,60)(H2,51,52,64)/t37-,38-,44-/m1/s1. The van der Waals surface area contributed by atoms with Crippen LogP contribution in [0.2, 0.25) is 0 Å². The van der Waals surface area contributed by atoms with Crippen LogP contribution in [-0.4, -0.2) is 174 Å². The summed E-state index contributed by atoms with van der Waals surface area (Å²) in [7, 11) is 0. The molecule has 360 valence electrons. The highest BCUT2D eigenvalue weighted by Crippen LogP contribution is 2.33. The lowest BCUT2D eigenvalue weighted by Gasteiger charge is -2.30. The molecule has 0 aromatic heterocycles. The molecule has 1 aromatic rings. The van der Waals surface area contributed by atoms with Crippen LogP contribution in [0.25, 0.3) is 0 Å². The van der Waals surface area contributed by atoms with Crippen molar-refractivity contribution in [3.8, 4) is 12.3 Å². The van der Waals surface area contributed by atoms with Crippen molar-refractivity contribution in [3.05, 3.63) is 42.1 Å². The molecule has 3 rings (SSSR count). The van der Waals surface area contributed by atoms with Crippen LogP contribution in [0.1, 0.15) is 64.4 Å². The van der Waals surface area contributed by atoms with Gasteiger partial charge in [-0.05, 0) is 56.2 Å². The number of halogens is 2. The average Bonchev–Trinajstić information content (AvgIpc) is 3.82. The monoisotopic (exact) mass is 962 g/mol. The van der Waals surface area contributed by atoms with Crippen molar-refractivity contribution < 1.29 is 33.6 Å². The van der Waals surface area contributed by atoms with E-state index in [1.807, 2.05) is 18.7 Å². The van der Waals surface area contributed by atoms with Gasteiger partial charge in [0.1, 0.15) is 6.54 Å². The molecule has 2 saturated heterocycles. The van der Waals surface area contributed by atoms with Crippen molar-refractivity contribution in [1.29, 1.82) is 0 Å². The number of primary amides is 1. The van der Waals surface area contributed by atoms with Gasteiger partial charge in [-0.2, -0.15) is 11.8 Å². The molecule has 20 heteroatoms. The summed E-state index contributed by atoms with van der Waals surface area (Å²) in [5, 5.41) is 12.2. The zero-order valence-corrected chi connectivity index (χ0v) is 40.3. The molecule has 0 bridgehead atoms. The normalized spacial score (nSPS) is 16.0. The van der Waals surface area contributed by atoms with Crippen molar-refractivity contribution in [2.45, 2.75) is 82.5 Å². The Morgan fingerprint density at radius 3 is 2.08 bits per heavy atom. The molecule has 65 heavy (non-hydrogen) atoms. The quantitative estimate of drug-likeness (QED) is 0.0308. The second-order valence-electron chi connectivity index (χ2n) is 16.1. The predicted octanol–water partition coefficient (Wildman–Crippen LogP) is 2.10. The van der Waals surface area contributed by atoms with Crippen molar-refractivity contribution >= 4 is 82.1 Å². The van der Waals surface area contributed by atoms with Crippen LogP contribution < -0.4 is 31.9 Å². The van der Waals surface area contributed by atoms with Crippen LogP contribution in [0, 0.1) is 12.3 Å². The van der Waals surface area contributed by atoms with E-state index < -0.39 is 36.7 Å². The first kappa shape index (κ1) is 54.5. The number of fused-ring (bicyclic) bond motifs is 1. The van der Waals surface area contributed by atoms with Crippen LogP contribution in [0.3, 0.4) is 0 Å². The smallest absolute Gasteiger partial charge is 0.315 e. The Hall–Kier alpha value is -4.86. The summed E-state index contributed by atoms with van der Waals surface area (Å²) >= 11 is 13.7. The summed E-state index contributed by atoms with van der Waals surface area (Å²) in [6.07, 6.45) is 11.1. The SMILES string of the molecule is C#CCN(CC(=O)N(CCNC(=O)CCCC[C@H]1SC[C@H]2NC(=O)N[C@H]21)CC(N)=O)C(=O)CN(CCC)C(=O)CN(CCNC(=C)CCCc1ccc(N(CCCl)CCCl)cc1)C(C)=O. The average molecular weight is 964 g/mol. The van der Waals surface area contributed by atoms with Gasteiger partial charge in [-0.3, -0.25) is 28.8 Å². The molecule has 0 spiro atoms. The largest absolute Gasteiger partial charge is 0.387 e. The number of rotatable bonds is 32. The van der Waals surface area contributed by atoms with Gasteiger partial charge in [-0.15, -0.1) is 29.6 Å². The summed E-state index contributed by atoms with van der Waals surface area (Å²) in [6, 6.07) is 8.47. The van der Waals surface area contributed by atoms with Crippen molar-refractivity contribution in [2.24, 2.45) is 5.73 Å². The fraction of sp³-hybridized carbons (Fsp3) is 0.622. The van der Waals surface area contributed by atoms with Gasteiger partial charge in [-0.1, -0.05) is 38.0 Å². The number of amides is 8. The molecule has 0 saturated carbocycles. The Labute approximate surface area is 398 Å². The number of alkyl halides is 2. The number of hydrogen-bond donors (Lipinski definition) is 5. The van der Waals surface area contributed by atoms with Gasteiger partial charge < -0.3 is 51.5 Å². The molecule has 2 fully saturated rings. The van der Waals surface area contributed by atoms with E-state index in [4.69, 9.17) is 35.4 Å². The molecule has 0 aliphatic carbocycles. The van der Waals surface area contributed by atoms with Crippen LogP contribution in [0.5, 0.6) is 0 Å². The molecule has 17 nitrogen and oxygen atoms in total. The summed E-state index contributed by atoms with van der Waals surface area (Å²) in [5.74, 6) is 1.33. The molecular weight excluding hydrogens is 896 g/mol. The molecule has 0 unspecified atom stereocenters. The first-order valence-electron chi connectivity index (χ1n) is 22.3. The van der Waals surface area contributed by atoms with Crippen molar-refractivity contribution in [3.63, 3.8) is 0 Å². The molecule has 6 N–H and O–H groups in total. The second kappa shape index (κ2) is 29.6. The van der Waals surface area contributed by atoms with E-state index in [0.29, 0.717) is 36.4 Å². The lowest BCUT2D eigenvalue weighted by Crippen LogP contribution is -2.51. The zero-order valence-electron chi connectivity index (χ0n) is 37.9. The fourth-order valence-corrected chi connectivity index (χ4v) is 9.58. The van der Waals surface area contributed by atoms with Gasteiger partial charge in [0.25, 0.3) is 0 Å². The zero-order chi connectivity index (χ0) is 47.7. The van der Waals surface area contributed by atoms with Gasteiger partial charge in [0, 0.05) is 93.3 Å². The van der Waals surface area contributed by atoms with Crippen LogP contribution in [0.4, 0.5) is 10.5 Å². The van der Waals surface area contributed by atoms with E-state index in [0.717, 1.165) is 72.1 Å². The van der Waals surface area contributed by atoms with E-state index in [2.05, 4.69) is 62.9 Å². The highest BCUT2D eigenvalue weighted by molar-refractivity contribution is 8.00. The molecule has 0 radical (unpaired) electrons. The Morgan fingerprint density at radius 1 is 0.831 bits per heavy atom. The summed E-state index contributed by atoms with van der Waals surface area (Å²) in [5.41, 5.74) is 8.53. The van der Waals surface area contributed by atoms with Gasteiger partial charge >= 0.3 is 6.03 Å². The molecular formula is C45H68Cl2N10O7S. The van der Waals surface area contributed by atoms with Crippen LogP contribution >= 0.6 is 35.0 Å². The predicted molar refractivity (Wildman–Crippen MR) is 257 cm³/mol. The lowest BCUT2D eigenvalue weighted by molar-refractivity contribution is -0.145. The van der Waals surface area contributed by atoms with Crippen LogP contribution in [-0.2, 0) is 35.2 Å². The number of nitrogens with two attached hydrogens (primary N) is 1. The number of unbranched alkanes of at least 4 members (excludes halogenated alkanes) is 1. The third-order valence-corrected chi connectivity index (χ3v) is 12.9. The van der Waals surface area contributed by atoms with E-state index in [1.165, 1.54) is 22.3 Å². The minimum Gasteiger partial charge on any atom is -0.387 e. The Balaban J connectivity index is 1.44. The summed E-state index contributed by atoms with van der Waals surface area (Å²) < 4.78 is 0. The first-order chi connectivity index (χ1) is 31.2. The molecule has 2 heterocycles. The van der Waals surface area contributed by atoms with Crippen LogP contribution in [0.15, 0.2) is 36.5 Å². The highest BCUT2D eigenvalue weighted by atomic mass is 35.5. The Bertz CT molecular complexity index is 1800. The lowest BCUT2D eigenvalue weighted by atomic mass is 10.0. The number of carbonyl (C=O) groups is 7. The first-order valence-corrected chi connectivity index (χ1v) is 24.4. The number of aryl methyl sites for hydroxylation is 1. The Kier molecular flexibility index (Phi) is 24.8. The molecule has 3 atom stereocenters. The van der Waals surface area contributed by atoms with Gasteiger partial charge in [-0.25, -0.2) is 4.79 Å². The third kappa shape index (κ3) is 19.6. The van der Waals surface area contributed by atoms with E-state index in [1.54, 1.807) is 0 Å². The third-order valence-electron chi connectivity index (χ3n) is 11.1. The van der Waals surface area contributed by atoms with Crippen molar-refractivity contribution in [1.82, 2.24) is 40.9 Å². The van der Waals surface area contributed by atoms with E-state index in [-0.39, 0.29) is 82.2 Å². The maximum Gasteiger partial charge on any atom is 0.315 e. The maximum atomic E-state index is 13.6. The number of hydrogen-bond acceptors (Lipinski definition) is 10. The molecule has 2 aliphatic rings. The topological polar surface area (TPSA) is 210 Å². The van der Waals surface area contributed by atoms with Gasteiger partial charge in [0.05, 0.1) is 38.3 Å². The second-order valence-corrected chi connectivity index (χ2v) is 18.2. The minimum absolute atomic E-state index is 0.0384. The van der Waals surface area contributed by atoms with Gasteiger partial charge in [0.15, 0.2) is 0 Å². The molecule has 2 aliphatic heterocycles. The molecule has 1 aromatic carbocycles. The van der Waals surface area contributed by atoms with E-state index >= 15 is 0 Å². The van der Waals surface area contributed by atoms with Gasteiger partial charge in [0.2, 0.25) is 35.4 Å². The number of anilines is 1. The van der Waals surface area contributed by atoms with Crippen molar-refractivity contribution in [2.75, 3.05) is 101 Å². The number of urea groups is 1. The number of benzene rings is 1. The maximum absolute atomic E-state index is 13.6. The summed E-state index contributed by atoms with van der Waals surface area (Å²) in [6.45, 7) is 7.81. The molecule has 8 amide bonds. The number of thioether (sulfide) groups is 1. The number of nitrogens with zero attached hydrogens (tertiary/aromatic N) is 5. The number of allylic oxidation sites excluding steroid dienone is 1. The number of terminal acetylenes is 1. The number of nitrogens with one attached hydrogen (secondary N) is 4. The van der Waals surface area contributed by atoms with E-state index in [9.17, 15) is 33.6 Å². The fourth-order valence-electron chi connectivity index (χ4n) is 7.62.